The van der Waals surface area contributed by atoms with E-state index in [9.17, 15) is 18.0 Å². The van der Waals surface area contributed by atoms with E-state index in [1.807, 2.05) is 32.0 Å². The van der Waals surface area contributed by atoms with Crippen molar-refractivity contribution in [2.45, 2.75) is 44.4 Å². The normalized spacial score (nSPS) is 14.8. The molecule has 0 radical (unpaired) electrons. The molecule has 1 aliphatic rings. The Kier molecular flexibility index (Phi) is 8.33. The van der Waals surface area contributed by atoms with Gasteiger partial charge in [0.15, 0.2) is 0 Å². The Labute approximate surface area is 201 Å². The molecule has 2 aromatic rings. The molecule has 8 nitrogen and oxygen atoms in total. The predicted octanol–water partition coefficient (Wildman–Crippen LogP) is 3.59. The van der Waals surface area contributed by atoms with Crippen LogP contribution in [-0.4, -0.2) is 63.2 Å². The van der Waals surface area contributed by atoms with E-state index in [0.29, 0.717) is 13.1 Å². The Hall–Kier alpha value is -2.91. The molecule has 2 amide bonds. The van der Waals surface area contributed by atoms with Crippen molar-refractivity contribution in [3.8, 4) is 5.75 Å². The fourth-order valence-electron chi connectivity index (χ4n) is 4.13. The van der Waals surface area contributed by atoms with Gasteiger partial charge in [0.1, 0.15) is 5.75 Å². The molecule has 1 heterocycles. The van der Waals surface area contributed by atoms with E-state index in [1.54, 1.807) is 0 Å². The predicted molar refractivity (Wildman–Crippen MR) is 132 cm³/mol. The minimum atomic E-state index is -3.74. The summed E-state index contributed by atoms with van der Waals surface area (Å²) in [6.07, 6.45) is 3.65. The second-order valence-corrected chi connectivity index (χ2v) is 10.6. The molecule has 2 aromatic carbocycles. The highest BCUT2D eigenvalue weighted by Gasteiger charge is 2.28. The molecular weight excluding hydrogens is 454 g/mol. The monoisotopic (exact) mass is 487 g/mol. The molecule has 1 fully saturated rings. The first-order chi connectivity index (χ1) is 16.1. The lowest BCUT2D eigenvalue weighted by Crippen LogP contribution is -2.36. The van der Waals surface area contributed by atoms with Gasteiger partial charge < -0.3 is 15.0 Å². The summed E-state index contributed by atoms with van der Waals surface area (Å²) in [7, 11) is -0.816. The van der Waals surface area contributed by atoms with Crippen LogP contribution in [0.1, 0.15) is 47.2 Å². The van der Waals surface area contributed by atoms with Crippen molar-refractivity contribution in [3.05, 3.63) is 53.1 Å². The molecule has 1 N–H and O–H groups in total. The van der Waals surface area contributed by atoms with Crippen molar-refractivity contribution < 1.29 is 22.7 Å². The number of anilines is 1. The average molecular weight is 488 g/mol. The summed E-state index contributed by atoms with van der Waals surface area (Å²) < 4.78 is 33.3. The van der Waals surface area contributed by atoms with E-state index < -0.39 is 15.9 Å². The number of aryl methyl sites for hydroxylation is 2. The van der Waals surface area contributed by atoms with E-state index in [0.717, 1.165) is 42.5 Å². The van der Waals surface area contributed by atoms with Crippen LogP contribution in [0.2, 0.25) is 0 Å². The highest BCUT2D eigenvalue weighted by Crippen LogP contribution is 2.27. The van der Waals surface area contributed by atoms with Crippen LogP contribution in [0.3, 0.4) is 0 Å². The first-order valence-corrected chi connectivity index (χ1v) is 12.9. The van der Waals surface area contributed by atoms with Gasteiger partial charge in [-0.25, -0.2) is 8.42 Å². The van der Waals surface area contributed by atoms with E-state index in [-0.39, 0.29) is 28.7 Å². The van der Waals surface area contributed by atoms with Gasteiger partial charge in [0.05, 0.1) is 24.1 Å². The Balaban J connectivity index is 1.80. The lowest BCUT2D eigenvalue weighted by molar-refractivity contribution is -0.116. The summed E-state index contributed by atoms with van der Waals surface area (Å²) in [5.74, 6) is -0.594. The van der Waals surface area contributed by atoms with Crippen LogP contribution in [0.4, 0.5) is 5.69 Å². The Bertz CT molecular complexity index is 1130. The number of methoxy groups -OCH3 is 1. The maximum Gasteiger partial charge on any atom is 0.257 e. The van der Waals surface area contributed by atoms with Gasteiger partial charge in [0.2, 0.25) is 15.9 Å². The van der Waals surface area contributed by atoms with Crippen LogP contribution >= 0.6 is 0 Å². The maximum absolute atomic E-state index is 13.2. The zero-order valence-corrected chi connectivity index (χ0v) is 21.1. The highest BCUT2D eigenvalue weighted by molar-refractivity contribution is 7.89. The minimum absolute atomic E-state index is 0.0481. The van der Waals surface area contributed by atoms with Crippen LogP contribution in [0.5, 0.6) is 5.75 Å². The van der Waals surface area contributed by atoms with Gasteiger partial charge in [-0.15, -0.1) is 0 Å². The molecule has 0 saturated carbocycles. The van der Waals surface area contributed by atoms with Gasteiger partial charge in [-0.2, -0.15) is 4.31 Å². The van der Waals surface area contributed by atoms with Crippen molar-refractivity contribution in [2.24, 2.45) is 0 Å². The van der Waals surface area contributed by atoms with Crippen molar-refractivity contribution in [1.29, 1.82) is 0 Å². The number of sulfonamides is 1. The number of carbonyl (C=O) groups is 2. The number of hydrogen-bond donors (Lipinski definition) is 1. The molecule has 1 aliphatic heterocycles. The highest BCUT2D eigenvalue weighted by atomic mass is 32.2. The molecule has 0 aromatic heterocycles. The number of ether oxygens (including phenoxy) is 1. The number of likely N-dealkylation sites (N-methyl/N-ethyl adjacent to an activating group) is 1. The summed E-state index contributed by atoms with van der Waals surface area (Å²) >= 11 is 0. The molecule has 184 valence electrons. The standard InChI is InChI=1S/C25H33N3O5S/c1-18-10-9-11-19(2)24(18)26-23(29)17-27(3)25(30)21-16-20(12-13-22(21)33-4)34(31,32)28-14-7-5-6-8-15-28/h9-13,16H,5-8,14-15,17H2,1-4H3,(H,26,29). The number of nitrogens with one attached hydrogen (secondary N) is 1. The number of carbonyl (C=O) groups excluding carboxylic acids is 2. The van der Waals surface area contributed by atoms with Gasteiger partial charge in [0, 0.05) is 25.8 Å². The zero-order valence-electron chi connectivity index (χ0n) is 20.3. The number of amides is 2. The summed E-state index contributed by atoms with van der Waals surface area (Å²) in [6, 6.07) is 10.0. The molecule has 0 aliphatic carbocycles. The summed E-state index contributed by atoms with van der Waals surface area (Å²) in [4.78, 5) is 27.2. The van der Waals surface area contributed by atoms with Crippen LogP contribution < -0.4 is 10.1 Å². The molecular formula is C25H33N3O5S. The van der Waals surface area contributed by atoms with E-state index in [4.69, 9.17) is 4.74 Å². The second-order valence-electron chi connectivity index (χ2n) is 8.66. The smallest absolute Gasteiger partial charge is 0.257 e. The topological polar surface area (TPSA) is 96.0 Å². The lowest BCUT2D eigenvalue weighted by Gasteiger charge is -2.22. The van der Waals surface area contributed by atoms with Gasteiger partial charge in [-0.3, -0.25) is 9.59 Å². The van der Waals surface area contributed by atoms with Crippen molar-refractivity contribution >= 4 is 27.5 Å². The first-order valence-electron chi connectivity index (χ1n) is 11.4. The number of benzene rings is 2. The van der Waals surface area contributed by atoms with Gasteiger partial charge >= 0.3 is 0 Å². The fourth-order valence-corrected chi connectivity index (χ4v) is 5.67. The molecule has 0 bridgehead atoms. The van der Waals surface area contributed by atoms with E-state index in [1.165, 1.54) is 41.6 Å². The molecule has 1 saturated heterocycles. The largest absolute Gasteiger partial charge is 0.496 e. The fraction of sp³-hybridized carbons (Fsp3) is 0.440. The van der Waals surface area contributed by atoms with E-state index in [2.05, 4.69) is 5.32 Å². The van der Waals surface area contributed by atoms with Gasteiger partial charge in [-0.05, 0) is 56.0 Å². The number of para-hydroxylation sites is 1. The van der Waals surface area contributed by atoms with Crippen LogP contribution in [0.25, 0.3) is 0 Å². The minimum Gasteiger partial charge on any atom is -0.496 e. The van der Waals surface area contributed by atoms with Gasteiger partial charge in [-0.1, -0.05) is 31.0 Å². The maximum atomic E-state index is 13.2. The van der Waals surface area contributed by atoms with Crippen molar-refractivity contribution in [2.75, 3.05) is 39.1 Å². The average Bonchev–Trinajstić information content (AvgIpc) is 3.11. The molecule has 0 atom stereocenters. The Morgan fingerprint density at radius 3 is 2.24 bits per heavy atom. The summed E-state index contributed by atoms with van der Waals surface area (Å²) in [5.41, 5.74) is 2.67. The molecule has 0 spiro atoms. The summed E-state index contributed by atoms with van der Waals surface area (Å²) in [6.45, 7) is 4.54. The number of rotatable bonds is 7. The Morgan fingerprint density at radius 1 is 1.03 bits per heavy atom. The molecule has 3 rings (SSSR count). The van der Waals surface area contributed by atoms with Crippen molar-refractivity contribution in [3.63, 3.8) is 0 Å². The number of nitrogens with zero attached hydrogens (tertiary/aromatic N) is 2. The molecule has 34 heavy (non-hydrogen) atoms. The Morgan fingerprint density at radius 2 is 1.65 bits per heavy atom. The zero-order chi connectivity index (χ0) is 24.9. The van der Waals surface area contributed by atoms with Crippen LogP contribution in [0.15, 0.2) is 41.3 Å². The van der Waals surface area contributed by atoms with Crippen LogP contribution in [0, 0.1) is 13.8 Å². The van der Waals surface area contributed by atoms with Crippen molar-refractivity contribution in [1.82, 2.24) is 9.21 Å². The quantitative estimate of drug-likeness (QED) is 0.644. The molecule has 9 heteroatoms. The SMILES string of the molecule is COc1ccc(S(=O)(=O)N2CCCCCC2)cc1C(=O)N(C)CC(=O)Nc1c(C)cccc1C. The lowest BCUT2D eigenvalue weighted by atomic mass is 10.1. The van der Waals surface area contributed by atoms with E-state index >= 15 is 0 Å². The third-order valence-electron chi connectivity index (χ3n) is 6.08. The second kappa shape index (κ2) is 11.0. The third kappa shape index (κ3) is 5.77. The third-order valence-corrected chi connectivity index (χ3v) is 7.97. The van der Waals surface area contributed by atoms with Gasteiger partial charge in [0.25, 0.3) is 5.91 Å². The number of hydrogen-bond acceptors (Lipinski definition) is 5. The van der Waals surface area contributed by atoms with Crippen LogP contribution in [-0.2, 0) is 14.8 Å². The first kappa shape index (κ1) is 25.7. The molecule has 0 unspecified atom stereocenters. The summed E-state index contributed by atoms with van der Waals surface area (Å²) in [5, 5.41) is 2.86.